The second kappa shape index (κ2) is 7.79. The van der Waals surface area contributed by atoms with E-state index in [1.165, 1.54) is 12.1 Å². The first-order valence-electron chi connectivity index (χ1n) is 10.8. The highest BCUT2D eigenvalue weighted by Gasteiger charge is 2.42. The van der Waals surface area contributed by atoms with Crippen molar-refractivity contribution >= 4 is 39.8 Å². The summed E-state index contributed by atoms with van der Waals surface area (Å²) in [6.07, 6.45) is 3.43. The van der Waals surface area contributed by atoms with Crippen LogP contribution in [0.1, 0.15) is 31.7 Å². The number of rotatable bonds is 5. The molecule has 1 amide bonds. The van der Waals surface area contributed by atoms with Crippen LogP contribution in [0.2, 0.25) is 0 Å². The van der Waals surface area contributed by atoms with Crippen LogP contribution in [0.15, 0.2) is 35.0 Å². The molecule has 3 aromatic heterocycles. The molecular weight excluding hydrogens is 443 g/mol. The van der Waals surface area contributed by atoms with Crippen molar-refractivity contribution in [2.75, 3.05) is 11.4 Å². The SMILES string of the molecule is Cc1nc(N2CC(NC(=O)C(C)(C)c3cn[nH]c3)CC2C(=O)O)c2oc3cc(F)ccc3c2n1. The standard InChI is InChI=1S/C23H23FN6O4/c1-11-27-18-15-5-4-13(24)6-17(15)34-19(18)20(28-11)30-10-14(7-16(30)21(31)32)29-22(33)23(2,3)12-8-25-26-9-12/h4-6,8-9,14,16H,7,10H2,1-3H3,(H,25,26)(H,29,33)(H,31,32). The number of halogens is 1. The first kappa shape index (κ1) is 21.8. The van der Waals surface area contributed by atoms with Gasteiger partial charge >= 0.3 is 5.97 Å². The smallest absolute Gasteiger partial charge is 0.326 e. The van der Waals surface area contributed by atoms with Crippen molar-refractivity contribution < 1.29 is 23.5 Å². The summed E-state index contributed by atoms with van der Waals surface area (Å²) in [7, 11) is 0. The molecule has 1 aliphatic heterocycles. The summed E-state index contributed by atoms with van der Waals surface area (Å²) >= 11 is 0. The average molecular weight is 466 g/mol. The van der Waals surface area contributed by atoms with Crippen LogP contribution in [0.25, 0.3) is 22.1 Å². The molecule has 0 spiro atoms. The number of aryl methyl sites for hydroxylation is 1. The second-order valence-electron chi connectivity index (χ2n) is 9.04. The number of H-pyrrole nitrogens is 1. The molecule has 3 N–H and O–H groups in total. The first-order valence-corrected chi connectivity index (χ1v) is 10.8. The Labute approximate surface area is 193 Å². The molecule has 4 heterocycles. The number of nitrogens with one attached hydrogen (secondary N) is 2. The number of aliphatic carboxylic acids is 1. The summed E-state index contributed by atoms with van der Waals surface area (Å²) in [6.45, 7) is 5.46. The Kier molecular flexibility index (Phi) is 4.99. The summed E-state index contributed by atoms with van der Waals surface area (Å²) in [5, 5.41) is 20.1. The molecule has 5 rings (SSSR count). The molecule has 0 aliphatic carbocycles. The Morgan fingerprint density at radius 2 is 2.12 bits per heavy atom. The third-order valence-electron chi connectivity index (χ3n) is 6.35. The van der Waals surface area contributed by atoms with Gasteiger partial charge in [0, 0.05) is 42.2 Å². The lowest BCUT2D eigenvalue weighted by molar-refractivity contribution is -0.138. The third kappa shape index (κ3) is 3.53. The van der Waals surface area contributed by atoms with Crippen LogP contribution in [0.5, 0.6) is 0 Å². The van der Waals surface area contributed by atoms with Crippen molar-refractivity contribution in [3.63, 3.8) is 0 Å². The van der Waals surface area contributed by atoms with Crippen molar-refractivity contribution in [1.29, 1.82) is 0 Å². The Morgan fingerprint density at radius 3 is 2.82 bits per heavy atom. The van der Waals surface area contributed by atoms with E-state index in [-0.39, 0.29) is 24.5 Å². The Morgan fingerprint density at radius 1 is 1.32 bits per heavy atom. The van der Waals surface area contributed by atoms with Crippen LogP contribution >= 0.6 is 0 Å². The van der Waals surface area contributed by atoms with E-state index in [4.69, 9.17) is 4.42 Å². The van der Waals surface area contributed by atoms with E-state index in [1.807, 2.05) is 0 Å². The van der Waals surface area contributed by atoms with Crippen molar-refractivity contribution in [2.24, 2.45) is 0 Å². The number of carboxylic acid groups (broad SMARTS) is 1. The van der Waals surface area contributed by atoms with Gasteiger partial charge in [0.25, 0.3) is 0 Å². The third-order valence-corrected chi connectivity index (χ3v) is 6.35. The lowest BCUT2D eigenvalue weighted by Crippen LogP contribution is -2.46. The number of benzene rings is 1. The minimum Gasteiger partial charge on any atom is -0.480 e. The van der Waals surface area contributed by atoms with Crippen LogP contribution in [-0.2, 0) is 15.0 Å². The minimum absolute atomic E-state index is 0.182. The zero-order valence-corrected chi connectivity index (χ0v) is 18.8. The van der Waals surface area contributed by atoms with Gasteiger partial charge in [-0.05, 0) is 32.9 Å². The molecule has 34 heavy (non-hydrogen) atoms. The number of carboxylic acids is 1. The fourth-order valence-corrected chi connectivity index (χ4v) is 4.40. The monoisotopic (exact) mass is 466 g/mol. The van der Waals surface area contributed by atoms with Gasteiger partial charge in [0.1, 0.15) is 28.8 Å². The molecule has 2 unspecified atom stereocenters. The second-order valence-corrected chi connectivity index (χ2v) is 9.04. The molecule has 11 heteroatoms. The van der Waals surface area contributed by atoms with Crippen molar-refractivity contribution in [2.45, 2.75) is 44.7 Å². The number of furan rings is 1. The van der Waals surface area contributed by atoms with Gasteiger partial charge in [-0.3, -0.25) is 9.89 Å². The minimum atomic E-state index is -1.04. The number of aromatic amines is 1. The van der Waals surface area contributed by atoms with E-state index in [2.05, 4.69) is 25.5 Å². The number of anilines is 1. The molecule has 2 atom stereocenters. The number of amides is 1. The van der Waals surface area contributed by atoms with Gasteiger partial charge in [0.2, 0.25) is 5.91 Å². The molecule has 1 saturated heterocycles. The first-order chi connectivity index (χ1) is 16.1. The fourth-order valence-electron chi connectivity index (χ4n) is 4.40. The van der Waals surface area contributed by atoms with Gasteiger partial charge in [-0.1, -0.05) is 0 Å². The molecule has 4 aromatic rings. The molecule has 0 saturated carbocycles. The van der Waals surface area contributed by atoms with E-state index in [9.17, 15) is 19.1 Å². The van der Waals surface area contributed by atoms with Gasteiger partial charge in [-0.2, -0.15) is 5.10 Å². The number of hydrogen-bond donors (Lipinski definition) is 3. The van der Waals surface area contributed by atoms with Gasteiger partial charge in [-0.25, -0.2) is 19.2 Å². The fraction of sp³-hybridized carbons (Fsp3) is 0.348. The Hall–Kier alpha value is -4.02. The summed E-state index contributed by atoms with van der Waals surface area (Å²) in [4.78, 5) is 35.7. The summed E-state index contributed by atoms with van der Waals surface area (Å²) in [5.41, 5.74) is 0.922. The van der Waals surface area contributed by atoms with Crippen LogP contribution < -0.4 is 10.2 Å². The molecule has 1 aliphatic rings. The Balaban J connectivity index is 1.50. The summed E-state index contributed by atoms with van der Waals surface area (Å²) in [5.74, 6) is -1.01. The predicted octanol–water partition coefficient (Wildman–Crippen LogP) is 2.67. The van der Waals surface area contributed by atoms with E-state index in [0.717, 1.165) is 5.56 Å². The topological polar surface area (TPSA) is 137 Å². The van der Waals surface area contributed by atoms with E-state index in [0.29, 0.717) is 28.1 Å². The van der Waals surface area contributed by atoms with Gasteiger partial charge in [-0.15, -0.1) is 0 Å². The van der Waals surface area contributed by atoms with Gasteiger partial charge in [0.05, 0.1) is 11.6 Å². The quantitative estimate of drug-likeness (QED) is 0.408. The number of carbonyl (C=O) groups is 2. The number of nitrogens with zero attached hydrogens (tertiary/aromatic N) is 4. The molecule has 0 bridgehead atoms. The molecule has 10 nitrogen and oxygen atoms in total. The highest BCUT2D eigenvalue weighted by atomic mass is 19.1. The predicted molar refractivity (Wildman–Crippen MR) is 121 cm³/mol. The highest BCUT2D eigenvalue weighted by molar-refractivity contribution is 6.06. The summed E-state index contributed by atoms with van der Waals surface area (Å²) in [6, 6.07) is 2.77. The zero-order chi connectivity index (χ0) is 24.2. The van der Waals surface area contributed by atoms with Gasteiger partial charge in [0.15, 0.2) is 11.4 Å². The Bertz CT molecular complexity index is 1410. The lowest BCUT2D eigenvalue weighted by atomic mass is 9.85. The largest absolute Gasteiger partial charge is 0.480 e. The molecule has 1 fully saturated rings. The molecule has 0 radical (unpaired) electrons. The number of hydrogen-bond acceptors (Lipinski definition) is 7. The average Bonchev–Trinajstić information content (AvgIpc) is 3.51. The lowest BCUT2D eigenvalue weighted by Gasteiger charge is -2.25. The highest BCUT2D eigenvalue weighted by Crippen LogP contribution is 2.36. The normalized spacial score (nSPS) is 18.6. The van der Waals surface area contributed by atoms with Crippen LogP contribution in [-0.4, -0.2) is 55.8 Å². The van der Waals surface area contributed by atoms with Crippen LogP contribution in [0.4, 0.5) is 10.2 Å². The van der Waals surface area contributed by atoms with E-state index >= 15 is 0 Å². The maximum absolute atomic E-state index is 13.8. The van der Waals surface area contributed by atoms with E-state index in [1.54, 1.807) is 44.1 Å². The number of aromatic nitrogens is 4. The zero-order valence-electron chi connectivity index (χ0n) is 18.8. The van der Waals surface area contributed by atoms with Crippen molar-refractivity contribution in [3.05, 3.63) is 47.8 Å². The van der Waals surface area contributed by atoms with Gasteiger partial charge < -0.3 is 19.7 Å². The molecule has 176 valence electrons. The van der Waals surface area contributed by atoms with Crippen molar-refractivity contribution in [1.82, 2.24) is 25.5 Å². The maximum atomic E-state index is 13.8. The van der Waals surface area contributed by atoms with E-state index < -0.39 is 29.3 Å². The molecule has 1 aromatic carbocycles. The maximum Gasteiger partial charge on any atom is 0.326 e. The number of carbonyl (C=O) groups excluding carboxylic acids is 1. The number of fused-ring (bicyclic) bond motifs is 3. The van der Waals surface area contributed by atoms with Crippen LogP contribution in [0, 0.1) is 12.7 Å². The van der Waals surface area contributed by atoms with Crippen LogP contribution in [0.3, 0.4) is 0 Å². The van der Waals surface area contributed by atoms with Crippen molar-refractivity contribution in [3.8, 4) is 0 Å². The summed E-state index contributed by atoms with van der Waals surface area (Å²) < 4.78 is 19.6. The molecular formula is C23H23FN6O4.